The number of hydrogen-bond acceptors (Lipinski definition) is 6. The van der Waals surface area contributed by atoms with Gasteiger partial charge in [-0.2, -0.15) is 0 Å². The zero-order valence-corrected chi connectivity index (χ0v) is 9.18. The summed E-state index contributed by atoms with van der Waals surface area (Å²) >= 11 is 3.77. The van der Waals surface area contributed by atoms with Crippen LogP contribution in [-0.4, -0.2) is 9.81 Å². The normalized spacial score (nSPS) is 16.4. The molecule has 0 aliphatic heterocycles. The van der Waals surface area contributed by atoms with Crippen molar-refractivity contribution in [3.8, 4) is 0 Å². The molecule has 2 N–H and O–H groups in total. The molecular weight excluding hydrogens is 224 g/mol. The molecular formula is H2O4PS2Zn. The maximum atomic E-state index is 10.0. The summed E-state index contributed by atoms with van der Waals surface area (Å²) in [6.45, 7) is 0. The van der Waals surface area contributed by atoms with E-state index >= 15 is 0 Å². The van der Waals surface area contributed by atoms with Crippen LogP contribution in [0.1, 0.15) is 0 Å². The van der Waals surface area contributed by atoms with Gasteiger partial charge in [0.2, 0.25) is 0 Å². The maximum absolute atomic E-state index is 10.0. The Morgan fingerprint density at radius 1 is 1.75 bits per heavy atom. The van der Waals surface area contributed by atoms with Crippen LogP contribution in [0.5, 0.6) is 0 Å². The third-order valence-electron chi connectivity index (χ3n) is 0.200. The summed E-state index contributed by atoms with van der Waals surface area (Å²) in [5.41, 5.74) is -3.54. The van der Waals surface area contributed by atoms with Crippen molar-refractivity contribution < 1.29 is 38.9 Å². The van der Waals surface area contributed by atoms with Gasteiger partial charge in [-0.3, -0.25) is 0 Å². The molecule has 45 valence electrons. The summed E-state index contributed by atoms with van der Waals surface area (Å²) < 4.78 is 11.0. The van der Waals surface area contributed by atoms with Crippen LogP contribution in [0.2, 0.25) is 0 Å². The first kappa shape index (κ1) is 12.2. The van der Waals surface area contributed by atoms with Crippen LogP contribution in [0.25, 0.3) is 0 Å². The first-order valence-electron chi connectivity index (χ1n) is 1.10. The quantitative estimate of drug-likeness (QED) is 0.231. The summed E-state index contributed by atoms with van der Waals surface area (Å²) in [7, 11) is 0. The molecule has 0 bridgehead atoms. The molecule has 0 fully saturated rings. The van der Waals surface area contributed by atoms with Crippen molar-refractivity contribution in [1.29, 1.82) is 0 Å². The topological polar surface area (TPSA) is 72.8 Å². The maximum Gasteiger partial charge on any atom is 1.00 e. The predicted octanol–water partition coefficient (Wildman–Crippen LogP) is 0.264. The Hall–Kier alpha value is 1.46. The van der Waals surface area contributed by atoms with E-state index in [9.17, 15) is 4.89 Å². The molecule has 0 saturated carbocycles. The second kappa shape index (κ2) is 5.26. The number of rotatable bonds is 2. The van der Waals surface area contributed by atoms with E-state index in [1.807, 2.05) is 0 Å². The van der Waals surface area contributed by atoms with Gasteiger partial charge in [-0.1, -0.05) is 11.8 Å². The molecule has 0 aromatic carbocycles. The summed E-state index contributed by atoms with van der Waals surface area (Å²) in [6, 6.07) is 0. The molecule has 0 spiro atoms. The molecule has 1 unspecified atom stereocenters. The monoisotopic (exact) mass is 225 g/mol. The van der Waals surface area contributed by atoms with E-state index in [2.05, 4.69) is 16.5 Å². The first-order chi connectivity index (χ1) is 3.12. The summed E-state index contributed by atoms with van der Waals surface area (Å²) in [6.07, 6.45) is 0. The predicted molar refractivity (Wildman–Crippen MR) is 28.2 cm³/mol. The average molecular weight is 227 g/mol. The second-order valence-electron chi connectivity index (χ2n) is 0.611. The van der Waals surface area contributed by atoms with Crippen LogP contribution < -0.4 is 4.89 Å². The second-order valence-corrected chi connectivity index (χ2v) is 5.90. The molecule has 0 saturated heterocycles. The molecule has 0 aliphatic carbocycles. The molecule has 0 aromatic rings. The van der Waals surface area contributed by atoms with Crippen LogP contribution in [0, 0.1) is 0 Å². The molecule has 0 aromatic heterocycles. The van der Waals surface area contributed by atoms with Crippen LogP contribution in [0.15, 0.2) is 0 Å². The number of hydrogen-bond donors (Lipinski definition) is 2. The molecule has 8 heavy (non-hydrogen) atoms. The average Bonchev–Trinajstić information content (AvgIpc) is 1.68. The van der Waals surface area contributed by atoms with Gasteiger partial charge < -0.3 is 9.45 Å². The molecule has 0 amide bonds. The Morgan fingerprint density at radius 2 is 2.12 bits per heavy atom. The van der Waals surface area contributed by atoms with E-state index in [-0.39, 0.29) is 31.1 Å². The van der Waals surface area contributed by atoms with Gasteiger partial charge in [-0.25, -0.2) is 9.93 Å². The summed E-state index contributed by atoms with van der Waals surface area (Å²) in [5, 5.41) is 7.55. The first-order valence-corrected chi connectivity index (χ1v) is 5.11. The Labute approximate surface area is 68.1 Å². The minimum Gasteiger partial charge on any atom is -0.789 e. The van der Waals surface area contributed by atoms with Crippen molar-refractivity contribution in [3.63, 3.8) is 0 Å². The Kier molecular flexibility index (Phi) is 8.01. The molecule has 0 aliphatic rings. The SMILES string of the molecule is [O-]P(=S)(OO)SO.[Zn+]. The standard InChI is InChI=1S/H3O4PS2.Zn/c1-4-5(2,6)7-3;/h1,3H,(H,2,6);/q;+1/p-1. The van der Waals surface area contributed by atoms with Gasteiger partial charge in [0.25, 0.3) is 0 Å². The van der Waals surface area contributed by atoms with Crippen LogP contribution >= 0.6 is 17.4 Å². The van der Waals surface area contributed by atoms with E-state index < -0.39 is 5.69 Å². The fourth-order valence-corrected chi connectivity index (χ4v) is 0.134. The molecule has 8 heteroatoms. The largest absolute Gasteiger partial charge is 1.00 e. The molecule has 0 heterocycles. The Morgan fingerprint density at radius 3 is 2.12 bits per heavy atom. The molecule has 1 radical (unpaired) electrons. The van der Waals surface area contributed by atoms with Gasteiger partial charge in [0, 0.05) is 11.7 Å². The Bertz CT molecular complexity index is 86.0. The van der Waals surface area contributed by atoms with E-state index in [0.29, 0.717) is 0 Å². The van der Waals surface area contributed by atoms with Crippen LogP contribution in [-0.2, 0) is 36.0 Å². The summed E-state index contributed by atoms with van der Waals surface area (Å²) in [4.78, 5) is 10.0. The van der Waals surface area contributed by atoms with Gasteiger partial charge in [0.05, 0.1) is 0 Å². The van der Waals surface area contributed by atoms with E-state index in [0.717, 1.165) is 0 Å². The van der Waals surface area contributed by atoms with Gasteiger partial charge in [-0.15, -0.1) is 0 Å². The minimum atomic E-state index is -3.54. The minimum absolute atomic E-state index is 0. The Balaban J connectivity index is 0. The van der Waals surface area contributed by atoms with E-state index in [1.54, 1.807) is 0 Å². The van der Waals surface area contributed by atoms with Crippen molar-refractivity contribution in [1.82, 2.24) is 0 Å². The molecule has 4 nitrogen and oxygen atoms in total. The van der Waals surface area contributed by atoms with Crippen molar-refractivity contribution >= 4 is 29.2 Å². The fourth-order valence-electron chi connectivity index (χ4n) is 0.0149. The van der Waals surface area contributed by atoms with Crippen molar-refractivity contribution in [2.24, 2.45) is 0 Å². The van der Waals surface area contributed by atoms with Crippen molar-refractivity contribution in [2.75, 3.05) is 0 Å². The van der Waals surface area contributed by atoms with E-state index in [1.165, 1.54) is 0 Å². The molecule has 0 rings (SSSR count). The third-order valence-corrected chi connectivity index (χ3v) is 2.20. The van der Waals surface area contributed by atoms with Crippen LogP contribution in [0.4, 0.5) is 0 Å². The van der Waals surface area contributed by atoms with Gasteiger partial charge in [-0.05, 0) is 0 Å². The zero-order valence-electron chi connectivity index (χ0n) is 3.68. The zero-order chi connectivity index (χ0) is 5.91. The molecule has 1 atom stereocenters. The third kappa shape index (κ3) is 5.60. The van der Waals surface area contributed by atoms with Gasteiger partial charge in [0.15, 0.2) is 0 Å². The van der Waals surface area contributed by atoms with Crippen molar-refractivity contribution in [3.05, 3.63) is 0 Å². The van der Waals surface area contributed by atoms with Crippen molar-refractivity contribution in [2.45, 2.75) is 0 Å². The van der Waals surface area contributed by atoms with Gasteiger partial charge >= 0.3 is 19.5 Å². The smallest absolute Gasteiger partial charge is 0.789 e. The summed E-state index contributed by atoms with van der Waals surface area (Å²) in [5.74, 6) is 0. The fraction of sp³-hybridized carbons (Fsp3) is 0. The van der Waals surface area contributed by atoms with Crippen LogP contribution in [0.3, 0.4) is 0 Å². The van der Waals surface area contributed by atoms with Gasteiger partial charge in [0.1, 0.15) is 5.69 Å². The van der Waals surface area contributed by atoms with E-state index in [4.69, 9.17) is 9.81 Å².